The molecule has 0 heterocycles. The number of para-hydroxylation sites is 2. The molecular formula is C41H29N. The molecule has 0 spiro atoms. The third kappa shape index (κ3) is 3.64. The van der Waals surface area contributed by atoms with Gasteiger partial charge in [0.05, 0.1) is 5.41 Å². The van der Waals surface area contributed by atoms with Crippen molar-refractivity contribution in [2.45, 2.75) is 5.41 Å². The lowest BCUT2D eigenvalue weighted by atomic mass is 9.67. The van der Waals surface area contributed by atoms with Crippen molar-refractivity contribution in [3.8, 4) is 22.3 Å². The molecule has 0 saturated heterocycles. The monoisotopic (exact) mass is 535 g/mol. The zero-order valence-corrected chi connectivity index (χ0v) is 23.2. The molecule has 7 aromatic carbocycles. The largest absolute Gasteiger partial charge is 0.355 e. The topological polar surface area (TPSA) is 12.0 Å². The van der Waals surface area contributed by atoms with Gasteiger partial charge in [0.2, 0.25) is 0 Å². The van der Waals surface area contributed by atoms with E-state index in [-0.39, 0.29) is 0 Å². The lowest BCUT2D eigenvalue weighted by Crippen LogP contribution is -2.29. The van der Waals surface area contributed by atoms with E-state index in [2.05, 4.69) is 175 Å². The first-order valence-corrected chi connectivity index (χ1v) is 14.5. The zero-order chi connectivity index (χ0) is 27.9. The maximum absolute atomic E-state index is 3.94. The molecule has 198 valence electrons. The van der Waals surface area contributed by atoms with Gasteiger partial charge < -0.3 is 5.32 Å². The van der Waals surface area contributed by atoms with Gasteiger partial charge in [-0.1, -0.05) is 158 Å². The van der Waals surface area contributed by atoms with E-state index >= 15 is 0 Å². The van der Waals surface area contributed by atoms with E-state index in [4.69, 9.17) is 0 Å². The Balaban J connectivity index is 1.37. The van der Waals surface area contributed by atoms with Gasteiger partial charge in [-0.15, -0.1) is 0 Å². The standard InChI is InChI=1S/C41H29N/c1-2-17-30(18-3-1)41(36-24-9-6-20-33(36)34-21-7-10-25-37(34)41)38-26-11-13-28-40(38)42-39-27-12-8-22-35(39)32-23-14-16-29-15-4-5-19-31(29)32/h1-28,42H. The molecular weight excluding hydrogens is 506 g/mol. The van der Waals surface area contributed by atoms with E-state index in [0.29, 0.717) is 0 Å². The summed E-state index contributed by atoms with van der Waals surface area (Å²) in [6.07, 6.45) is 0. The second kappa shape index (κ2) is 9.90. The Bertz CT molecular complexity index is 2020. The van der Waals surface area contributed by atoms with Crippen molar-refractivity contribution in [2.75, 3.05) is 5.32 Å². The minimum Gasteiger partial charge on any atom is -0.355 e. The number of anilines is 2. The van der Waals surface area contributed by atoms with Crippen molar-refractivity contribution >= 4 is 22.1 Å². The Kier molecular flexibility index (Phi) is 5.75. The van der Waals surface area contributed by atoms with Gasteiger partial charge in [-0.25, -0.2) is 0 Å². The van der Waals surface area contributed by atoms with E-state index in [9.17, 15) is 0 Å². The summed E-state index contributed by atoms with van der Waals surface area (Å²) >= 11 is 0. The summed E-state index contributed by atoms with van der Waals surface area (Å²) in [7, 11) is 0. The predicted octanol–water partition coefficient (Wildman–Crippen LogP) is 10.6. The summed E-state index contributed by atoms with van der Waals surface area (Å²) in [6, 6.07) is 61.5. The molecule has 8 rings (SSSR count). The SMILES string of the molecule is c1ccc(C2(c3ccccc3Nc3ccccc3-c3cccc4ccccc34)c3ccccc3-c3ccccc32)cc1. The van der Waals surface area contributed by atoms with Crippen molar-refractivity contribution in [1.82, 2.24) is 0 Å². The number of rotatable bonds is 5. The predicted molar refractivity (Wildman–Crippen MR) is 176 cm³/mol. The summed E-state index contributed by atoms with van der Waals surface area (Å²) in [6.45, 7) is 0. The fourth-order valence-electron chi connectivity index (χ4n) is 7.03. The van der Waals surface area contributed by atoms with E-state index in [1.165, 1.54) is 55.3 Å². The molecule has 1 aliphatic rings. The highest BCUT2D eigenvalue weighted by atomic mass is 14.9. The van der Waals surface area contributed by atoms with Crippen LogP contribution in [0.1, 0.15) is 22.3 Å². The van der Waals surface area contributed by atoms with Crippen molar-refractivity contribution in [2.24, 2.45) is 0 Å². The molecule has 0 bridgehead atoms. The minimum absolute atomic E-state index is 0.466. The fraction of sp³-hybridized carbons (Fsp3) is 0.0244. The molecule has 1 nitrogen and oxygen atoms in total. The van der Waals surface area contributed by atoms with Crippen LogP contribution < -0.4 is 5.32 Å². The average molecular weight is 536 g/mol. The Morgan fingerprint density at radius 2 is 0.833 bits per heavy atom. The molecule has 1 aliphatic carbocycles. The van der Waals surface area contributed by atoms with Crippen molar-refractivity contribution in [3.63, 3.8) is 0 Å². The van der Waals surface area contributed by atoms with Gasteiger partial charge in [0.1, 0.15) is 0 Å². The van der Waals surface area contributed by atoms with E-state index < -0.39 is 5.41 Å². The minimum atomic E-state index is -0.466. The fourth-order valence-corrected chi connectivity index (χ4v) is 7.03. The molecule has 0 unspecified atom stereocenters. The molecule has 0 aromatic heterocycles. The first-order valence-electron chi connectivity index (χ1n) is 14.5. The Hall–Kier alpha value is -5.40. The van der Waals surface area contributed by atoms with Crippen molar-refractivity contribution in [1.29, 1.82) is 0 Å². The lowest BCUT2D eigenvalue weighted by Gasteiger charge is -2.35. The highest BCUT2D eigenvalue weighted by Crippen LogP contribution is 2.57. The molecule has 1 heteroatoms. The Morgan fingerprint density at radius 3 is 1.57 bits per heavy atom. The molecule has 42 heavy (non-hydrogen) atoms. The summed E-state index contributed by atoms with van der Waals surface area (Å²) in [5.41, 5.74) is 11.8. The van der Waals surface area contributed by atoms with Crippen LogP contribution >= 0.6 is 0 Å². The summed E-state index contributed by atoms with van der Waals surface area (Å²) in [5, 5.41) is 6.43. The van der Waals surface area contributed by atoms with Crippen LogP contribution in [0.25, 0.3) is 33.0 Å². The number of benzene rings is 7. The van der Waals surface area contributed by atoms with Crippen LogP contribution in [0.5, 0.6) is 0 Å². The first-order chi connectivity index (χ1) is 20.9. The van der Waals surface area contributed by atoms with Gasteiger partial charge in [0.25, 0.3) is 0 Å². The highest BCUT2D eigenvalue weighted by Gasteiger charge is 2.46. The Labute approximate surface area is 246 Å². The first kappa shape index (κ1) is 24.4. The van der Waals surface area contributed by atoms with Gasteiger partial charge in [-0.2, -0.15) is 0 Å². The third-order valence-electron chi connectivity index (χ3n) is 8.77. The molecule has 0 fully saturated rings. The molecule has 0 saturated carbocycles. The van der Waals surface area contributed by atoms with Crippen LogP contribution in [0, 0.1) is 0 Å². The van der Waals surface area contributed by atoms with Crippen LogP contribution in [0.15, 0.2) is 170 Å². The highest BCUT2D eigenvalue weighted by molar-refractivity contribution is 6.00. The quantitative estimate of drug-likeness (QED) is 0.231. The number of hydrogen-bond acceptors (Lipinski definition) is 1. The van der Waals surface area contributed by atoms with Crippen LogP contribution in [0.3, 0.4) is 0 Å². The third-order valence-corrected chi connectivity index (χ3v) is 8.77. The van der Waals surface area contributed by atoms with E-state index in [0.717, 1.165) is 11.4 Å². The summed E-state index contributed by atoms with van der Waals surface area (Å²) < 4.78 is 0. The lowest BCUT2D eigenvalue weighted by molar-refractivity contribution is 0.771. The summed E-state index contributed by atoms with van der Waals surface area (Å²) in [4.78, 5) is 0. The second-order valence-corrected chi connectivity index (χ2v) is 11.0. The number of nitrogens with one attached hydrogen (secondary N) is 1. The van der Waals surface area contributed by atoms with Gasteiger partial charge >= 0.3 is 0 Å². The van der Waals surface area contributed by atoms with E-state index in [1.807, 2.05) is 0 Å². The average Bonchev–Trinajstić information content (AvgIpc) is 3.37. The molecule has 0 atom stereocenters. The summed E-state index contributed by atoms with van der Waals surface area (Å²) in [5.74, 6) is 0. The van der Waals surface area contributed by atoms with Crippen LogP contribution in [0.4, 0.5) is 11.4 Å². The second-order valence-electron chi connectivity index (χ2n) is 11.0. The van der Waals surface area contributed by atoms with Crippen molar-refractivity contribution in [3.05, 3.63) is 192 Å². The number of hydrogen-bond donors (Lipinski definition) is 1. The Morgan fingerprint density at radius 1 is 0.333 bits per heavy atom. The van der Waals surface area contributed by atoms with Crippen LogP contribution in [0.2, 0.25) is 0 Å². The van der Waals surface area contributed by atoms with Gasteiger partial charge in [-0.3, -0.25) is 0 Å². The van der Waals surface area contributed by atoms with Gasteiger partial charge in [0, 0.05) is 16.9 Å². The molecule has 0 amide bonds. The van der Waals surface area contributed by atoms with Crippen molar-refractivity contribution < 1.29 is 0 Å². The smallest absolute Gasteiger partial charge is 0.0733 e. The van der Waals surface area contributed by atoms with Crippen LogP contribution in [-0.2, 0) is 5.41 Å². The molecule has 7 aromatic rings. The maximum Gasteiger partial charge on any atom is 0.0733 e. The van der Waals surface area contributed by atoms with E-state index in [1.54, 1.807) is 0 Å². The molecule has 0 aliphatic heterocycles. The number of fused-ring (bicyclic) bond motifs is 4. The van der Waals surface area contributed by atoms with Crippen LogP contribution in [-0.4, -0.2) is 0 Å². The molecule has 0 radical (unpaired) electrons. The normalized spacial score (nSPS) is 13.0. The van der Waals surface area contributed by atoms with Gasteiger partial charge in [-0.05, 0) is 61.8 Å². The molecule has 1 N–H and O–H groups in total. The maximum atomic E-state index is 3.94. The van der Waals surface area contributed by atoms with Gasteiger partial charge in [0.15, 0.2) is 0 Å². The zero-order valence-electron chi connectivity index (χ0n) is 23.2.